The number of carboxylic acids is 2. The van der Waals surface area contributed by atoms with Crippen molar-refractivity contribution in [3.05, 3.63) is 101 Å². The average molecular weight is 461 g/mol. The Morgan fingerprint density at radius 1 is 0.765 bits per heavy atom. The third-order valence-corrected chi connectivity index (χ3v) is 6.01. The van der Waals surface area contributed by atoms with E-state index >= 15 is 0 Å². The van der Waals surface area contributed by atoms with Crippen molar-refractivity contribution < 1.29 is 24.5 Å². The van der Waals surface area contributed by atoms with Crippen LogP contribution in [-0.2, 0) is 24.2 Å². The van der Waals surface area contributed by atoms with Crippen LogP contribution in [0.3, 0.4) is 0 Å². The quantitative estimate of drug-likeness (QED) is 0.272. The summed E-state index contributed by atoms with van der Waals surface area (Å²) in [6, 6.07) is 25.3. The topological polar surface area (TPSA) is 83.8 Å². The van der Waals surface area contributed by atoms with Gasteiger partial charge in [-0.25, -0.2) is 4.79 Å². The summed E-state index contributed by atoms with van der Waals surface area (Å²) in [4.78, 5) is 22.0. The normalized spacial score (nSPS) is 11.6. The van der Waals surface area contributed by atoms with Crippen LogP contribution in [0.1, 0.15) is 59.2 Å². The molecule has 0 spiro atoms. The zero-order valence-electron chi connectivity index (χ0n) is 19.4. The zero-order chi connectivity index (χ0) is 24.2. The summed E-state index contributed by atoms with van der Waals surface area (Å²) in [5, 5.41) is 18.1. The Hall–Kier alpha value is -3.60. The number of aliphatic carboxylic acids is 1. The molecule has 0 heterocycles. The first-order valence-electron chi connectivity index (χ1n) is 11.8. The number of ether oxygens (including phenoxy) is 1. The van der Waals surface area contributed by atoms with Gasteiger partial charge < -0.3 is 14.9 Å². The van der Waals surface area contributed by atoms with Crippen LogP contribution in [0.15, 0.2) is 78.9 Å². The number of aryl methyl sites for hydroxylation is 1. The maximum atomic E-state index is 11.1. The Morgan fingerprint density at radius 3 is 2.18 bits per heavy atom. The van der Waals surface area contributed by atoms with Gasteiger partial charge in [0, 0.05) is 6.42 Å². The molecule has 0 radical (unpaired) electrons. The van der Waals surface area contributed by atoms with Crippen molar-refractivity contribution in [2.75, 3.05) is 0 Å². The molecule has 1 unspecified atom stereocenters. The standard InChI is InChI=1S/C29H32O5/c30-28(31)13-7-4-8-22(20-23-15-18-26(19-16-23)29(32)33)14-17-25-11-5-6-12-27(25)34-21-24-9-2-1-3-10-24/h1-3,5-6,9-12,15-16,18-19,22H,4,7-8,13-14,17,20-21H2,(H,30,31)(H,32,33). The molecule has 5 nitrogen and oxygen atoms in total. The Labute approximate surface area is 201 Å². The predicted octanol–water partition coefficient (Wildman–Crippen LogP) is 6.40. The molecule has 0 saturated carbocycles. The third kappa shape index (κ3) is 8.39. The van der Waals surface area contributed by atoms with Crippen molar-refractivity contribution >= 4 is 11.9 Å². The van der Waals surface area contributed by atoms with Gasteiger partial charge in [-0.3, -0.25) is 4.79 Å². The number of carboxylic acid groups (broad SMARTS) is 2. The molecule has 3 rings (SSSR count). The molecule has 0 aliphatic rings. The Balaban J connectivity index is 1.63. The number of unbranched alkanes of at least 4 members (excludes halogenated alkanes) is 1. The first kappa shape index (κ1) is 25.0. The van der Waals surface area contributed by atoms with E-state index in [4.69, 9.17) is 14.9 Å². The minimum atomic E-state index is -0.927. The van der Waals surface area contributed by atoms with Gasteiger partial charge in [-0.05, 0) is 66.5 Å². The highest BCUT2D eigenvalue weighted by Gasteiger charge is 2.13. The summed E-state index contributed by atoms with van der Waals surface area (Å²) in [7, 11) is 0. The molecule has 2 N–H and O–H groups in total. The largest absolute Gasteiger partial charge is 0.489 e. The van der Waals surface area contributed by atoms with Crippen LogP contribution in [0.4, 0.5) is 0 Å². The summed E-state index contributed by atoms with van der Waals surface area (Å²) in [6.07, 6.45) is 5.29. The number of hydrogen-bond donors (Lipinski definition) is 2. The second-order valence-corrected chi connectivity index (χ2v) is 8.63. The van der Waals surface area contributed by atoms with Crippen molar-refractivity contribution in [1.29, 1.82) is 0 Å². The highest BCUT2D eigenvalue weighted by atomic mass is 16.5. The Kier molecular flexibility index (Phi) is 9.71. The van der Waals surface area contributed by atoms with Gasteiger partial charge in [0.25, 0.3) is 0 Å². The van der Waals surface area contributed by atoms with E-state index in [2.05, 4.69) is 6.07 Å². The molecule has 0 aliphatic carbocycles. The molecule has 3 aromatic rings. The van der Waals surface area contributed by atoms with Crippen molar-refractivity contribution in [3.63, 3.8) is 0 Å². The fourth-order valence-electron chi connectivity index (χ4n) is 4.12. The summed E-state index contributed by atoms with van der Waals surface area (Å²) in [5.41, 5.74) is 3.67. The van der Waals surface area contributed by atoms with Gasteiger partial charge in [-0.15, -0.1) is 0 Å². The van der Waals surface area contributed by atoms with E-state index in [0.717, 1.165) is 54.5 Å². The molecule has 0 aromatic heterocycles. The van der Waals surface area contributed by atoms with Gasteiger partial charge in [0.1, 0.15) is 12.4 Å². The molecule has 178 valence electrons. The van der Waals surface area contributed by atoms with E-state index in [1.165, 1.54) is 0 Å². The number of carbonyl (C=O) groups is 2. The molecule has 0 bridgehead atoms. The summed E-state index contributed by atoms with van der Waals surface area (Å²) < 4.78 is 6.11. The minimum absolute atomic E-state index is 0.191. The predicted molar refractivity (Wildman–Crippen MR) is 132 cm³/mol. The number of benzene rings is 3. The SMILES string of the molecule is O=C(O)CCCCC(CCc1ccccc1OCc1ccccc1)Cc1ccc(C(=O)O)cc1. The van der Waals surface area contributed by atoms with E-state index in [-0.39, 0.29) is 12.0 Å². The van der Waals surface area contributed by atoms with Crippen LogP contribution in [0.2, 0.25) is 0 Å². The lowest BCUT2D eigenvalue weighted by Crippen LogP contribution is -2.08. The summed E-state index contributed by atoms with van der Waals surface area (Å²) in [5.74, 6) is -0.428. The van der Waals surface area contributed by atoms with E-state index in [9.17, 15) is 9.59 Å². The van der Waals surface area contributed by atoms with Crippen LogP contribution in [-0.4, -0.2) is 22.2 Å². The molecule has 3 aromatic carbocycles. The van der Waals surface area contributed by atoms with Gasteiger partial charge >= 0.3 is 11.9 Å². The molecular weight excluding hydrogens is 428 g/mol. The molecular formula is C29H32O5. The van der Waals surface area contributed by atoms with Crippen LogP contribution in [0, 0.1) is 5.92 Å². The molecule has 0 saturated heterocycles. The van der Waals surface area contributed by atoms with Gasteiger partial charge in [0.2, 0.25) is 0 Å². The highest BCUT2D eigenvalue weighted by Crippen LogP contribution is 2.26. The molecule has 1 atom stereocenters. The summed E-state index contributed by atoms with van der Waals surface area (Å²) in [6.45, 7) is 0.520. The van der Waals surface area contributed by atoms with Crippen molar-refractivity contribution in [2.45, 2.75) is 51.6 Å². The van der Waals surface area contributed by atoms with E-state index < -0.39 is 11.9 Å². The lowest BCUT2D eigenvalue weighted by Gasteiger charge is -2.18. The number of para-hydroxylation sites is 1. The second-order valence-electron chi connectivity index (χ2n) is 8.63. The highest BCUT2D eigenvalue weighted by molar-refractivity contribution is 5.87. The third-order valence-electron chi connectivity index (χ3n) is 6.01. The number of aromatic carboxylic acids is 1. The lowest BCUT2D eigenvalue weighted by molar-refractivity contribution is -0.137. The van der Waals surface area contributed by atoms with Crippen molar-refractivity contribution in [3.8, 4) is 5.75 Å². The van der Waals surface area contributed by atoms with Crippen molar-refractivity contribution in [1.82, 2.24) is 0 Å². The van der Waals surface area contributed by atoms with Crippen LogP contribution >= 0.6 is 0 Å². The molecule has 0 fully saturated rings. The van der Waals surface area contributed by atoms with E-state index in [1.807, 2.05) is 60.7 Å². The average Bonchev–Trinajstić information content (AvgIpc) is 2.85. The Morgan fingerprint density at radius 2 is 1.47 bits per heavy atom. The maximum Gasteiger partial charge on any atom is 0.335 e. The zero-order valence-corrected chi connectivity index (χ0v) is 19.4. The maximum absolute atomic E-state index is 11.1. The first-order chi connectivity index (χ1) is 16.5. The van der Waals surface area contributed by atoms with Crippen LogP contribution < -0.4 is 4.74 Å². The van der Waals surface area contributed by atoms with Gasteiger partial charge in [0.15, 0.2) is 0 Å². The number of rotatable bonds is 14. The smallest absolute Gasteiger partial charge is 0.335 e. The fourth-order valence-corrected chi connectivity index (χ4v) is 4.12. The second kappa shape index (κ2) is 13.2. The minimum Gasteiger partial charge on any atom is -0.489 e. The first-order valence-corrected chi connectivity index (χ1v) is 11.8. The van der Waals surface area contributed by atoms with Gasteiger partial charge in [-0.2, -0.15) is 0 Å². The molecule has 5 heteroatoms. The summed E-state index contributed by atoms with van der Waals surface area (Å²) >= 11 is 0. The van der Waals surface area contributed by atoms with Crippen LogP contribution in [0.25, 0.3) is 0 Å². The number of hydrogen-bond acceptors (Lipinski definition) is 3. The van der Waals surface area contributed by atoms with Gasteiger partial charge in [-0.1, -0.05) is 73.5 Å². The molecule has 0 aliphatic heterocycles. The molecule has 0 amide bonds. The fraction of sp³-hybridized carbons (Fsp3) is 0.310. The van der Waals surface area contributed by atoms with Crippen LogP contribution in [0.5, 0.6) is 5.75 Å². The van der Waals surface area contributed by atoms with E-state index in [1.54, 1.807) is 12.1 Å². The van der Waals surface area contributed by atoms with Gasteiger partial charge in [0.05, 0.1) is 5.56 Å². The molecule has 34 heavy (non-hydrogen) atoms. The Bertz CT molecular complexity index is 1040. The van der Waals surface area contributed by atoms with E-state index in [0.29, 0.717) is 18.9 Å². The van der Waals surface area contributed by atoms with Crippen molar-refractivity contribution in [2.24, 2.45) is 5.92 Å². The monoisotopic (exact) mass is 460 g/mol. The lowest BCUT2D eigenvalue weighted by atomic mass is 9.88.